The molecule has 3 saturated heterocycles. The molecule has 1 saturated carbocycles. The number of ether oxygens (including phenoxy) is 1. The number of aromatic nitrogens is 2. The van der Waals surface area contributed by atoms with Gasteiger partial charge in [0.1, 0.15) is 35.3 Å². The third kappa shape index (κ3) is 4.34. The van der Waals surface area contributed by atoms with Crippen molar-refractivity contribution >= 4 is 27.5 Å². The van der Waals surface area contributed by atoms with E-state index in [0.717, 1.165) is 38.8 Å². The lowest BCUT2D eigenvalue weighted by atomic mass is 9.95. The number of aromatic hydroxyl groups is 1. The fourth-order valence-corrected chi connectivity index (χ4v) is 7.29. The Bertz CT molecular complexity index is 1710. The summed E-state index contributed by atoms with van der Waals surface area (Å²) in [5, 5.41) is 15.0. The molecule has 4 fully saturated rings. The molecule has 3 aromatic carbocycles. The van der Waals surface area contributed by atoms with Gasteiger partial charge in [-0.2, -0.15) is 9.97 Å². The van der Waals surface area contributed by atoms with E-state index in [1.54, 1.807) is 0 Å². The van der Waals surface area contributed by atoms with Crippen molar-refractivity contribution in [3.63, 3.8) is 0 Å². The summed E-state index contributed by atoms with van der Waals surface area (Å²) >= 11 is 0. The summed E-state index contributed by atoms with van der Waals surface area (Å²) in [4.78, 5) is 13.8. The van der Waals surface area contributed by atoms with Crippen LogP contribution < -0.4 is 15.0 Å². The van der Waals surface area contributed by atoms with E-state index in [2.05, 4.69) is 20.1 Å². The zero-order valence-corrected chi connectivity index (χ0v) is 23.2. The number of benzene rings is 3. The van der Waals surface area contributed by atoms with Gasteiger partial charge < -0.3 is 20.1 Å². The Labute approximate surface area is 241 Å². The molecule has 0 amide bonds. The minimum Gasteiger partial charge on any atom is -0.508 e. The number of hydrogen-bond donors (Lipinski definition) is 2. The molecule has 0 spiro atoms. The first-order valence-electron chi connectivity index (χ1n) is 14.9. The maximum absolute atomic E-state index is 16.6. The van der Waals surface area contributed by atoms with Crippen molar-refractivity contribution < 1.29 is 23.0 Å². The third-order valence-corrected chi connectivity index (χ3v) is 9.60. The van der Waals surface area contributed by atoms with Crippen LogP contribution in [0.1, 0.15) is 38.5 Å². The normalized spacial score (nSPS) is 23.3. The predicted molar refractivity (Wildman–Crippen MR) is 154 cm³/mol. The molecule has 0 radical (unpaired) electrons. The number of hydrogen-bond acceptors (Lipinski definition) is 7. The predicted octanol–water partition coefficient (Wildman–Crippen LogP) is 5.52. The highest BCUT2D eigenvalue weighted by molar-refractivity contribution is 6.01. The van der Waals surface area contributed by atoms with E-state index in [-0.39, 0.29) is 56.8 Å². The quantitative estimate of drug-likeness (QED) is 0.314. The maximum atomic E-state index is 16.6. The molecule has 2 bridgehead atoms. The molecule has 3 aliphatic heterocycles. The highest BCUT2D eigenvalue weighted by Gasteiger charge is 2.49. The molecule has 1 aromatic heterocycles. The Kier molecular flexibility index (Phi) is 6.01. The second-order valence-electron chi connectivity index (χ2n) is 12.4. The minimum absolute atomic E-state index is 0.0276. The van der Waals surface area contributed by atoms with Crippen LogP contribution >= 0.6 is 0 Å². The molecule has 8 rings (SSSR count). The molecule has 42 heavy (non-hydrogen) atoms. The summed E-state index contributed by atoms with van der Waals surface area (Å²) in [6, 6.07) is 8.54. The number of phenols is 1. The highest BCUT2D eigenvalue weighted by Crippen LogP contribution is 2.44. The van der Waals surface area contributed by atoms with Gasteiger partial charge in [-0.1, -0.05) is 6.07 Å². The SMILES string of the molecule is Oc1cc(-c2c(F)cc3c(N4CC5CCC(C4)N5)nc(OCC4(N5CCCC5)CC4)nc3c2F)c2cc(F)ccc2c1. The molecule has 4 aromatic rings. The largest absolute Gasteiger partial charge is 0.508 e. The van der Waals surface area contributed by atoms with Crippen LogP contribution in [0, 0.1) is 17.5 Å². The van der Waals surface area contributed by atoms with E-state index < -0.39 is 17.5 Å². The van der Waals surface area contributed by atoms with Crippen LogP contribution in [0.5, 0.6) is 11.8 Å². The van der Waals surface area contributed by atoms with Gasteiger partial charge in [-0.3, -0.25) is 4.90 Å². The molecular weight excluding hydrogens is 543 g/mol. The van der Waals surface area contributed by atoms with E-state index in [9.17, 15) is 9.50 Å². The van der Waals surface area contributed by atoms with Crippen molar-refractivity contribution in [2.45, 2.75) is 56.1 Å². The Balaban J connectivity index is 1.27. The van der Waals surface area contributed by atoms with Gasteiger partial charge in [-0.05, 0) is 98.3 Å². The second-order valence-corrected chi connectivity index (χ2v) is 12.4. The van der Waals surface area contributed by atoms with Crippen molar-refractivity contribution in [1.82, 2.24) is 20.2 Å². The summed E-state index contributed by atoms with van der Waals surface area (Å²) in [7, 11) is 0. The summed E-state index contributed by atoms with van der Waals surface area (Å²) in [6.45, 7) is 3.85. The Hall–Kier alpha value is -3.63. The van der Waals surface area contributed by atoms with E-state index in [1.165, 1.54) is 49.2 Å². The number of rotatable bonds is 6. The number of anilines is 1. The molecule has 4 aliphatic rings. The zero-order chi connectivity index (χ0) is 28.6. The summed E-state index contributed by atoms with van der Waals surface area (Å²) in [5.41, 5.74) is -0.410. The molecule has 218 valence electrons. The van der Waals surface area contributed by atoms with Gasteiger partial charge in [0.15, 0.2) is 5.82 Å². The first-order valence-corrected chi connectivity index (χ1v) is 14.9. The first-order chi connectivity index (χ1) is 20.4. The first kappa shape index (κ1) is 26.0. The molecule has 2 unspecified atom stereocenters. The second kappa shape index (κ2) is 9.70. The molecule has 2 atom stereocenters. The van der Waals surface area contributed by atoms with Crippen molar-refractivity contribution in [3.8, 4) is 22.9 Å². The van der Waals surface area contributed by atoms with Crippen LogP contribution in [-0.4, -0.2) is 70.4 Å². The molecule has 2 N–H and O–H groups in total. The monoisotopic (exact) mass is 575 g/mol. The lowest BCUT2D eigenvalue weighted by molar-refractivity contribution is 0.135. The average molecular weight is 576 g/mol. The zero-order valence-electron chi connectivity index (χ0n) is 23.2. The van der Waals surface area contributed by atoms with Crippen LogP contribution in [0.2, 0.25) is 0 Å². The number of nitrogens with zero attached hydrogens (tertiary/aromatic N) is 4. The van der Waals surface area contributed by atoms with E-state index >= 15 is 8.78 Å². The van der Waals surface area contributed by atoms with Gasteiger partial charge in [0.05, 0.1) is 11.1 Å². The van der Waals surface area contributed by atoms with Crippen LogP contribution in [-0.2, 0) is 0 Å². The fraction of sp³-hybridized carbons (Fsp3) is 0.438. The van der Waals surface area contributed by atoms with Gasteiger partial charge in [-0.25, -0.2) is 13.2 Å². The molecule has 7 nitrogen and oxygen atoms in total. The van der Waals surface area contributed by atoms with Crippen LogP contribution in [0.4, 0.5) is 19.0 Å². The molecular formula is C32H32F3N5O2. The number of likely N-dealkylation sites (tertiary alicyclic amines) is 1. The van der Waals surface area contributed by atoms with Crippen molar-refractivity contribution in [3.05, 3.63) is 53.8 Å². The lowest BCUT2D eigenvalue weighted by Crippen LogP contribution is -2.51. The van der Waals surface area contributed by atoms with Crippen LogP contribution in [0.15, 0.2) is 36.4 Å². The summed E-state index contributed by atoms with van der Waals surface area (Å²) in [6.07, 6.45) is 6.52. The van der Waals surface area contributed by atoms with Gasteiger partial charge in [0, 0.05) is 30.6 Å². The smallest absolute Gasteiger partial charge is 0.319 e. The van der Waals surface area contributed by atoms with Crippen LogP contribution in [0.25, 0.3) is 32.8 Å². The van der Waals surface area contributed by atoms with Crippen LogP contribution in [0.3, 0.4) is 0 Å². The topological polar surface area (TPSA) is 73.8 Å². The number of piperazine rings is 1. The lowest BCUT2D eigenvalue weighted by Gasteiger charge is -2.34. The number of fused-ring (bicyclic) bond motifs is 4. The van der Waals surface area contributed by atoms with Gasteiger partial charge in [-0.15, -0.1) is 0 Å². The molecule has 4 heterocycles. The number of phenolic OH excluding ortho intramolecular Hbond substituents is 1. The molecule has 10 heteroatoms. The van der Waals surface area contributed by atoms with Gasteiger partial charge in [0.25, 0.3) is 0 Å². The maximum Gasteiger partial charge on any atom is 0.319 e. The molecule has 1 aliphatic carbocycles. The fourth-order valence-electron chi connectivity index (χ4n) is 7.29. The van der Waals surface area contributed by atoms with E-state index in [4.69, 9.17) is 9.72 Å². The highest BCUT2D eigenvalue weighted by atomic mass is 19.1. The van der Waals surface area contributed by atoms with Crippen molar-refractivity contribution in [1.29, 1.82) is 0 Å². The van der Waals surface area contributed by atoms with Gasteiger partial charge >= 0.3 is 6.01 Å². The Morgan fingerprint density at radius 1 is 0.952 bits per heavy atom. The standard InChI is InChI=1S/C32H32F3N5O2/c33-19-4-3-18-11-22(41)13-24(23(18)12-19)27-26(34)14-25-29(28(27)35)37-31(42-17-32(7-8-32)40-9-1-2-10-40)38-30(25)39-15-20-5-6-21(16-39)36-20/h3-4,11-14,20-21,36,41H,1-2,5-10,15-17H2. The Morgan fingerprint density at radius 3 is 2.45 bits per heavy atom. The summed E-state index contributed by atoms with van der Waals surface area (Å²) < 4.78 is 53.1. The van der Waals surface area contributed by atoms with Gasteiger partial charge in [0.2, 0.25) is 0 Å². The number of nitrogens with one attached hydrogen (secondary N) is 1. The van der Waals surface area contributed by atoms with E-state index in [0.29, 0.717) is 30.9 Å². The summed E-state index contributed by atoms with van der Waals surface area (Å²) in [5.74, 6) is -2.00. The van der Waals surface area contributed by atoms with Crippen molar-refractivity contribution in [2.75, 3.05) is 37.7 Å². The average Bonchev–Trinajstić information content (AvgIpc) is 3.39. The van der Waals surface area contributed by atoms with Crippen molar-refractivity contribution in [2.24, 2.45) is 0 Å². The minimum atomic E-state index is -0.895. The third-order valence-electron chi connectivity index (χ3n) is 9.60. The number of halogens is 3. The Morgan fingerprint density at radius 2 is 1.71 bits per heavy atom. The van der Waals surface area contributed by atoms with E-state index in [1.807, 2.05) is 0 Å².